The Balaban J connectivity index is 1.97. The summed E-state index contributed by atoms with van der Waals surface area (Å²) in [6, 6.07) is 25.1. The van der Waals surface area contributed by atoms with Crippen molar-refractivity contribution >= 4 is 23.1 Å². The minimum Gasteiger partial charge on any atom is -0.494 e. The van der Waals surface area contributed by atoms with Crippen LogP contribution in [0.1, 0.15) is 20.8 Å². The van der Waals surface area contributed by atoms with Crippen LogP contribution in [0.4, 0.5) is 0 Å². The molecule has 0 radical (unpaired) electrons. The van der Waals surface area contributed by atoms with Gasteiger partial charge in [0.2, 0.25) is 6.71 Å². The van der Waals surface area contributed by atoms with E-state index >= 15 is 0 Å². The number of rotatable bonds is 9. The molecule has 0 saturated heterocycles. The monoisotopic (exact) mass is 374 g/mol. The standard InChI is InChI=1S/C24H27BO3/c1-4-26-22-13-7-19(8-14-22)25(20-9-15-23(16-10-20)27-5-2)21-11-17-24(18-12-21)28-6-3/h7-18H,4-6H2,1-3H3. The summed E-state index contributed by atoms with van der Waals surface area (Å²) in [6.45, 7) is 8.12. The summed E-state index contributed by atoms with van der Waals surface area (Å²) in [5, 5.41) is 0. The Labute approximate surface area is 168 Å². The van der Waals surface area contributed by atoms with Crippen molar-refractivity contribution in [1.82, 2.24) is 0 Å². The molecule has 0 aliphatic carbocycles. The van der Waals surface area contributed by atoms with Crippen LogP contribution in [-0.2, 0) is 0 Å². The van der Waals surface area contributed by atoms with Crippen molar-refractivity contribution in [3.8, 4) is 17.2 Å². The van der Waals surface area contributed by atoms with Gasteiger partial charge in [-0.1, -0.05) is 52.8 Å². The Morgan fingerprint density at radius 1 is 0.464 bits per heavy atom. The van der Waals surface area contributed by atoms with Gasteiger partial charge in [0.05, 0.1) is 19.8 Å². The second kappa shape index (κ2) is 9.89. The summed E-state index contributed by atoms with van der Waals surface area (Å²) in [4.78, 5) is 0. The van der Waals surface area contributed by atoms with Gasteiger partial charge in [0.1, 0.15) is 17.2 Å². The largest absolute Gasteiger partial charge is 0.494 e. The molecule has 3 rings (SSSR count). The molecular formula is C24H27BO3. The Kier molecular flexibility index (Phi) is 7.02. The van der Waals surface area contributed by atoms with Crippen molar-refractivity contribution in [2.24, 2.45) is 0 Å². The van der Waals surface area contributed by atoms with Crippen LogP contribution in [0.3, 0.4) is 0 Å². The second-order valence-electron chi connectivity index (χ2n) is 6.44. The van der Waals surface area contributed by atoms with Crippen molar-refractivity contribution in [2.75, 3.05) is 19.8 Å². The molecule has 0 atom stereocenters. The molecule has 0 aromatic heterocycles. The average molecular weight is 374 g/mol. The van der Waals surface area contributed by atoms with Gasteiger partial charge in [-0.3, -0.25) is 0 Å². The van der Waals surface area contributed by atoms with Gasteiger partial charge in [-0.25, -0.2) is 0 Å². The van der Waals surface area contributed by atoms with E-state index < -0.39 is 0 Å². The van der Waals surface area contributed by atoms with Crippen molar-refractivity contribution in [3.63, 3.8) is 0 Å². The van der Waals surface area contributed by atoms with E-state index in [0.717, 1.165) is 17.2 Å². The lowest BCUT2D eigenvalue weighted by Gasteiger charge is -2.17. The zero-order valence-electron chi connectivity index (χ0n) is 16.9. The van der Waals surface area contributed by atoms with E-state index in [1.807, 2.05) is 57.2 Å². The predicted molar refractivity (Wildman–Crippen MR) is 117 cm³/mol. The summed E-state index contributed by atoms with van der Waals surface area (Å²) in [5.74, 6) is 2.68. The van der Waals surface area contributed by atoms with Gasteiger partial charge in [0, 0.05) is 0 Å². The molecule has 0 aliphatic rings. The number of benzene rings is 3. The Morgan fingerprint density at radius 3 is 0.929 bits per heavy atom. The first-order valence-electron chi connectivity index (χ1n) is 9.93. The quantitative estimate of drug-likeness (QED) is 0.538. The van der Waals surface area contributed by atoms with Crippen LogP contribution < -0.4 is 30.6 Å². The van der Waals surface area contributed by atoms with Crippen molar-refractivity contribution in [3.05, 3.63) is 72.8 Å². The van der Waals surface area contributed by atoms with Gasteiger partial charge in [0.25, 0.3) is 0 Å². The Bertz CT molecular complexity index is 725. The Hall–Kier alpha value is -2.88. The fourth-order valence-corrected chi connectivity index (χ4v) is 3.35. The van der Waals surface area contributed by atoms with E-state index in [1.165, 1.54) is 16.4 Å². The van der Waals surface area contributed by atoms with E-state index in [2.05, 4.69) is 36.4 Å². The van der Waals surface area contributed by atoms with Gasteiger partial charge in [-0.15, -0.1) is 0 Å². The highest BCUT2D eigenvalue weighted by Crippen LogP contribution is 2.12. The Morgan fingerprint density at radius 2 is 0.714 bits per heavy atom. The van der Waals surface area contributed by atoms with Crippen molar-refractivity contribution in [2.45, 2.75) is 20.8 Å². The zero-order chi connectivity index (χ0) is 19.8. The molecule has 0 unspecified atom stereocenters. The first-order valence-corrected chi connectivity index (χ1v) is 9.93. The van der Waals surface area contributed by atoms with Gasteiger partial charge >= 0.3 is 0 Å². The summed E-state index contributed by atoms with van der Waals surface area (Å²) in [5.41, 5.74) is 3.66. The van der Waals surface area contributed by atoms with Crippen LogP contribution in [0.25, 0.3) is 0 Å². The minimum absolute atomic E-state index is 0.127. The van der Waals surface area contributed by atoms with Gasteiger partial charge in [-0.05, 0) is 57.2 Å². The highest BCUT2D eigenvalue weighted by atomic mass is 16.5. The lowest BCUT2D eigenvalue weighted by molar-refractivity contribution is 0.340. The second-order valence-corrected chi connectivity index (χ2v) is 6.44. The number of hydrogen-bond acceptors (Lipinski definition) is 3. The van der Waals surface area contributed by atoms with Crippen LogP contribution in [0.5, 0.6) is 17.2 Å². The molecule has 4 heteroatoms. The molecule has 0 aliphatic heterocycles. The maximum atomic E-state index is 5.60. The molecule has 3 nitrogen and oxygen atoms in total. The first-order chi connectivity index (χ1) is 13.7. The molecule has 0 saturated carbocycles. The third kappa shape index (κ3) is 4.89. The SMILES string of the molecule is CCOc1ccc(B(c2ccc(OCC)cc2)c2ccc(OCC)cc2)cc1. The summed E-state index contributed by atoms with van der Waals surface area (Å²) >= 11 is 0. The van der Waals surface area contributed by atoms with Gasteiger partial charge in [-0.2, -0.15) is 0 Å². The van der Waals surface area contributed by atoms with E-state index in [-0.39, 0.29) is 6.71 Å². The lowest BCUT2D eigenvalue weighted by atomic mass is 9.37. The zero-order valence-corrected chi connectivity index (χ0v) is 16.9. The molecule has 0 bridgehead atoms. The number of hydrogen-bond donors (Lipinski definition) is 0. The summed E-state index contributed by atoms with van der Waals surface area (Å²) < 4.78 is 16.8. The molecular weight excluding hydrogens is 347 g/mol. The van der Waals surface area contributed by atoms with E-state index in [0.29, 0.717) is 19.8 Å². The van der Waals surface area contributed by atoms with Crippen LogP contribution in [0.2, 0.25) is 0 Å². The average Bonchev–Trinajstić information content (AvgIpc) is 2.73. The highest BCUT2D eigenvalue weighted by molar-refractivity contribution is 6.95. The van der Waals surface area contributed by atoms with E-state index in [4.69, 9.17) is 14.2 Å². The fourth-order valence-electron chi connectivity index (χ4n) is 3.35. The summed E-state index contributed by atoms with van der Waals surface area (Å²) in [7, 11) is 0. The smallest absolute Gasteiger partial charge is 0.241 e. The topological polar surface area (TPSA) is 27.7 Å². The summed E-state index contributed by atoms with van der Waals surface area (Å²) in [6.07, 6.45) is 0. The lowest BCUT2D eigenvalue weighted by Crippen LogP contribution is -2.51. The number of ether oxygens (including phenoxy) is 3. The molecule has 3 aromatic rings. The fraction of sp³-hybridized carbons (Fsp3) is 0.250. The maximum Gasteiger partial charge on any atom is 0.241 e. The molecule has 3 aromatic carbocycles. The third-order valence-corrected chi connectivity index (χ3v) is 4.57. The van der Waals surface area contributed by atoms with Gasteiger partial charge < -0.3 is 14.2 Å². The van der Waals surface area contributed by atoms with Crippen LogP contribution >= 0.6 is 0 Å². The molecule has 0 N–H and O–H groups in total. The molecule has 0 fully saturated rings. The molecule has 0 heterocycles. The van der Waals surface area contributed by atoms with E-state index in [9.17, 15) is 0 Å². The minimum atomic E-state index is 0.127. The van der Waals surface area contributed by atoms with Crippen molar-refractivity contribution in [1.29, 1.82) is 0 Å². The molecule has 0 spiro atoms. The highest BCUT2D eigenvalue weighted by Gasteiger charge is 2.22. The first kappa shape index (κ1) is 19.9. The van der Waals surface area contributed by atoms with Crippen LogP contribution in [0, 0.1) is 0 Å². The van der Waals surface area contributed by atoms with Crippen LogP contribution in [-0.4, -0.2) is 26.5 Å². The van der Waals surface area contributed by atoms with Crippen LogP contribution in [0.15, 0.2) is 72.8 Å². The molecule has 28 heavy (non-hydrogen) atoms. The maximum absolute atomic E-state index is 5.60. The molecule has 144 valence electrons. The van der Waals surface area contributed by atoms with Crippen molar-refractivity contribution < 1.29 is 14.2 Å². The predicted octanol–water partition coefficient (Wildman–Crippen LogP) is 3.40. The molecule has 0 amide bonds. The normalized spacial score (nSPS) is 10.4. The van der Waals surface area contributed by atoms with E-state index in [1.54, 1.807) is 0 Å². The third-order valence-electron chi connectivity index (χ3n) is 4.57. The van der Waals surface area contributed by atoms with Gasteiger partial charge in [0.15, 0.2) is 0 Å².